The zero-order valence-electron chi connectivity index (χ0n) is 34.2. The quantitative estimate of drug-likeness (QED) is 0.132. The maximum Gasteiger partial charge on any atom is 0.323 e. The molecule has 320 valence electrons. The summed E-state index contributed by atoms with van der Waals surface area (Å²) in [5, 5.41) is 14.8. The third-order valence-electron chi connectivity index (χ3n) is 10.1. The average Bonchev–Trinajstić information content (AvgIpc) is 3.80. The normalized spacial score (nSPS) is 15.4. The lowest BCUT2D eigenvalue weighted by molar-refractivity contribution is 0.198. The Morgan fingerprint density at radius 2 is 1.17 bits per heavy atom. The molecule has 4 amide bonds. The second kappa shape index (κ2) is 21.6. The van der Waals surface area contributed by atoms with Crippen LogP contribution in [0.4, 0.5) is 41.6 Å². The van der Waals surface area contributed by atoms with E-state index in [-0.39, 0.29) is 35.3 Å². The molecule has 3 saturated heterocycles. The van der Waals surface area contributed by atoms with Crippen LogP contribution in [-0.4, -0.2) is 121 Å². The Kier molecular flexibility index (Phi) is 17.0. The van der Waals surface area contributed by atoms with Crippen molar-refractivity contribution in [2.75, 3.05) is 86.0 Å². The van der Waals surface area contributed by atoms with Crippen molar-refractivity contribution in [2.45, 2.75) is 51.7 Å². The molecule has 15 nitrogen and oxygen atoms in total. The second-order valence-electron chi connectivity index (χ2n) is 15.4. The first-order chi connectivity index (χ1) is 27.7. The fourth-order valence-corrected chi connectivity index (χ4v) is 6.75. The Morgan fingerprint density at radius 1 is 0.712 bits per heavy atom. The van der Waals surface area contributed by atoms with E-state index in [2.05, 4.69) is 64.4 Å². The van der Waals surface area contributed by atoms with Gasteiger partial charge in [0, 0.05) is 65.6 Å². The van der Waals surface area contributed by atoms with E-state index in [1.807, 2.05) is 15.9 Å². The summed E-state index contributed by atoms with van der Waals surface area (Å²) in [6, 6.07) is 15.5. The molecule has 7 heterocycles. The predicted molar refractivity (Wildman–Crippen MR) is 229 cm³/mol. The number of carbonyl (C=O) groups excluding carboxylic acids is 2. The summed E-state index contributed by atoms with van der Waals surface area (Å²) in [4.78, 5) is 48.0. The fraction of sp³-hybridized carbons (Fsp3) is 0.450. The summed E-state index contributed by atoms with van der Waals surface area (Å²) in [6.45, 7) is 17.3. The summed E-state index contributed by atoms with van der Waals surface area (Å²) in [6.07, 6.45) is 5.48. The number of carbonyl (C=O) groups is 2. The molecule has 3 aliphatic rings. The molecule has 59 heavy (non-hydrogen) atoms. The summed E-state index contributed by atoms with van der Waals surface area (Å²) >= 11 is 0. The van der Waals surface area contributed by atoms with Gasteiger partial charge in [-0.05, 0) is 79.5 Å². The van der Waals surface area contributed by atoms with E-state index in [9.17, 15) is 23.5 Å². The maximum atomic E-state index is 13.3. The molecular weight excluding hydrogens is 802 g/mol. The summed E-state index contributed by atoms with van der Waals surface area (Å²) in [5.41, 5.74) is 0. The van der Waals surface area contributed by atoms with Crippen molar-refractivity contribution in [3.8, 4) is 11.5 Å². The zero-order valence-corrected chi connectivity index (χ0v) is 36.1. The van der Waals surface area contributed by atoms with E-state index in [1.165, 1.54) is 43.3 Å². The van der Waals surface area contributed by atoms with Crippen molar-refractivity contribution in [3.05, 3.63) is 85.0 Å². The van der Waals surface area contributed by atoms with E-state index in [4.69, 9.17) is 9.16 Å². The van der Waals surface area contributed by atoms with Gasteiger partial charge in [0.2, 0.25) is 11.9 Å². The van der Waals surface area contributed by atoms with Crippen LogP contribution in [-0.2, 0) is 4.74 Å². The molecule has 0 unspecified atom stereocenters. The number of anilines is 4. The summed E-state index contributed by atoms with van der Waals surface area (Å²) in [7, 11) is -1.93. The topological polar surface area (TPSA) is 161 Å². The molecule has 4 aromatic rings. The first kappa shape index (κ1) is 46.4. The number of piperazine rings is 2. The Balaban J connectivity index is 0.000000234. The molecule has 0 aliphatic carbocycles. The van der Waals surface area contributed by atoms with E-state index in [0.29, 0.717) is 75.6 Å². The van der Waals surface area contributed by atoms with Gasteiger partial charge in [0.05, 0.1) is 12.4 Å². The average molecular weight is 857 g/mol. The Bertz CT molecular complexity index is 1920. The van der Waals surface area contributed by atoms with Crippen molar-refractivity contribution < 1.29 is 32.6 Å². The minimum atomic E-state index is -1.93. The predicted octanol–water partition coefficient (Wildman–Crippen LogP) is 7.25. The molecule has 0 aromatic carbocycles. The van der Waals surface area contributed by atoms with Crippen LogP contribution in [0.15, 0.2) is 73.1 Å². The molecule has 19 heteroatoms. The fourth-order valence-electron chi connectivity index (χ4n) is 5.73. The largest absolute Gasteiger partial charge is 0.542 e. The Hall–Kier alpha value is -5.33. The van der Waals surface area contributed by atoms with Crippen LogP contribution in [0, 0.1) is 11.9 Å². The third kappa shape index (κ3) is 14.2. The number of aromatic hydroxyl groups is 1. The molecule has 0 bridgehead atoms. The highest BCUT2D eigenvalue weighted by Crippen LogP contribution is 2.37. The number of hydrogen-bond donors (Lipinski definition) is 3. The van der Waals surface area contributed by atoms with Gasteiger partial charge in [-0.15, -0.1) is 12.4 Å². The van der Waals surface area contributed by atoms with Gasteiger partial charge in [-0.1, -0.05) is 32.9 Å². The molecule has 0 atom stereocenters. The van der Waals surface area contributed by atoms with E-state index < -0.39 is 20.2 Å². The van der Waals surface area contributed by atoms with Gasteiger partial charge < -0.3 is 33.9 Å². The number of nitrogens with one attached hydrogen (secondary N) is 2. The van der Waals surface area contributed by atoms with Gasteiger partial charge >= 0.3 is 12.1 Å². The van der Waals surface area contributed by atoms with Gasteiger partial charge in [-0.25, -0.2) is 29.5 Å². The standard InChI is InChI=1S/C21H30FN5O2Si.C15H16FN5O2.C4H8O.ClH/c1-21(2,3)30(4,5)29-16-9-10-18(23-15-16)25-20(28)27-13-11-26(12-14-27)19-8-6-7-17(22)24-19;16-12-2-1-3-14(18-12)20-6-8-21(9-7-20)15(23)19-13-5-4-11(22)10-17-13;1-2-4-5-3-1;/h6-10,15H,11-14H2,1-5H3,(H,23,25,28);1-5,10,22H,6-9H2,(H,17,19,23);1-4H2;1H. The SMILES string of the molecule is C1CCOC1.CC(C)(C)[Si](C)(C)Oc1ccc(NC(=O)N2CCN(c3cccc(F)n3)CC2)nc1.Cl.O=C(Nc1ccc(O)cn1)N1CCN(c2cccc(F)n2)CC1. The molecular formula is C40H55ClF2N10O5Si. The molecule has 0 radical (unpaired) electrons. The number of nitrogens with zero attached hydrogens (tertiary/aromatic N) is 8. The van der Waals surface area contributed by atoms with Gasteiger partial charge in [-0.2, -0.15) is 8.78 Å². The number of amides is 4. The first-order valence-corrected chi connectivity index (χ1v) is 22.3. The first-order valence-electron chi connectivity index (χ1n) is 19.4. The Labute approximate surface area is 351 Å². The lowest BCUT2D eigenvalue weighted by Gasteiger charge is -2.36. The van der Waals surface area contributed by atoms with Crippen molar-refractivity contribution in [1.29, 1.82) is 0 Å². The van der Waals surface area contributed by atoms with Crippen LogP contribution in [0.2, 0.25) is 18.1 Å². The molecule has 3 N–H and O–H groups in total. The van der Waals surface area contributed by atoms with Crippen molar-refractivity contribution in [1.82, 2.24) is 29.7 Å². The number of halogens is 3. The van der Waals surface area contributed by atoms with Gasteiger partial charge in [0.25, 0.3) is 8.32 Å². The highest BCUT2D eigenvalue weighted by Gasteiger charge is 2.39. The van der Waals surface area contributed by atoms with Crippen LogP contribution >= 0.6 is 12.4 Å². The van der Waals surface area contributed by atoms with Gasteiger partial charge in [0.1, 0.15) is 34.8 Å². The highest BCUT2D eigenvalue weighted by molar-refractivity contribution is 6.74. The maximum absolute atomic E-state index is 13.3. The number of rotatable bonds is 6. The lowest BCUT2D eigenvalue weighted by atomic mass is 10.2. The zero-order chi connectivity index (χ0) is 41.7. The molecule has 7 rings (SSSR count). The summed E-state index contributed by atoms with van der Waals surface area (Å²) < 4.78 is 37.6. The summed E-state index contributed by atoms with van der Waals surface area (Å²) in [5.74, 6) is 1.77. The van der Waals surface area contributed by atoms with Crippen LogP contribution in [0.1, 0.15) is 33.6 Å². The van der Waals surface area contributed by atoms with Crippen LogP contribution in [0.3, 0.4) is 0 Å². The second-order valence-corrected chi connectivity index (χ2v) is 20.1. The van der Waals surface area contributed by atoms with Crippen LogP contribution < -0.4 is 24.9 Å². The number of pyridine rings is 4. The smallest absolute Gasteiger partial charge is 0.323 e. The van der Waals surface area contributed by atoms with Crippen LogP contribution in [0.25, 0.3) is 0 Å². The monoisotopic (exact) mass is 856 g/mol. The Morgan fingerprint density at radius 3 is 1.53 bits per heavy atom. The van der Waals surface area contributed by atoms with Crippen molar-refractivity contribution >= 4 is 56.1 Å². The van der Waals surface area contributed by atoms with Crippen molar-refractivity contribution in [2.24, 2.45) is 0 Å². The number of hydrogen-bond acceptors (Lipinski definition) is 11. The van der Waals surface area contributed by atoms with E-state index in [1.54, 1.807) is 46.3 Å². The van der Waals surface area contributed by atoms with Gasteiger partial charge in [-0.3, -0.25) is 10.6 Å². The minimum absolute atomic E-state index is 0. The lowest BCUT2D eigenvalue weighted by Crippen LogP contribution is -2.50. The molecule has 3 fully saturated rings. The molecule has 0 saturated carbocycles. The number of aromatic nitrogens is 4. The van der Waals surface area contributed by atoms with Gasteiger partial charge in [0.15, 0.2) is 0 Å². The van der Waals surface area contributed by atoms with Crippen molar-refractivity contribution in [3.63, 3.8) is 0 Å². The third-order valence-corrected chi connectivity index (χ3v) is 14.5. The molecule has 0 spiro atoms. The van der Waals surface area contributed by atoms with Crippen LogP contribution in [0.5, 0.6) is 11.5 Å². The molecule has 4 aromatic heterocycles. The molecule has 3 aliphatic heterocycles. The number of urea groups is 2. The van der Waals surface area contributed by atoms with E-state index >= 15 is 0 Å². The minimum Gasteiger partial charge on any atom is -0.542 e. The van der Waals surface area contributed by atoms with E-state index in [0.717, 1.165) is 19.0 Å². The number of ether oxygens (including phenoxy) is 1. The highest BCUT2D eigenvalue weighted by atomic mass is 35.5.